The summed E-state index contributed by atoms with van der Waals surface area (Å²) in [7, 11) is 2.08. The molecule has 1 aromatic carbocycles. The fraction of sp³-hybridized carbons (Fsp3) is 0.462. The van der Waals surface area contributed by atoms with E-state index in [0.29, 0.717) is 29.1 Å². The number of amides is 2. The first-order chi connectivity index (χ1) is 17.0. The Kier molecular flexibility index (Phi) is 6.42. The zero-order valence-corrected chi connectivity index (χ0v) is 20.4. The number of benzene rings is 1. The van der Waals surface area contributed by atoms with Gasteiger partial charge in [-0.3, -0.25) is 14.4 Å². The zero-order valence-electron chi connectivity index (χ0n) is 20.4. The number of unbranched alkanes of at least 4 members (excludes halogenated alkanes) is 1. The van der Waals surface area contributed by atoms with Crippen molar-refractivity contribution < 1.29 is 9.59 Å². The molecule has 0 aliphatic carbocycles. The molecule has 1 fully saturated rings. The fourth-order valence-electron chi connectivity index (χ4n) is 5.03. The number of likely N-dealkylation sites (tertiary alicyclic amines) is 1. The van der Waals surface area contributed by atoms with Gasteiger partial charge in [0, 0.05) is 24.2 Å². The number of carbonyl (C=O) groups excluding carboxylic acids is 2. The molecule has 2 aliphatic rings. The van der Waals surface area contributed by atoms with Gasteiger partial charge in [-0.2, -0.15) is 9.61 Å². The molecule has 184 valence electrons. The third-order valence-electron chi connectivity index (χ3n) is 7.05. The van der Waals surface area contributed by atoms with E-state index in [1.54, 1.807) is 15.5 Å². The van der Waals surface area contributed by atoms with Gasteiger partial charge in [0.05, 0.1) is 17.8 Å². The van der Waals surface area contributed by atoms with Crippen LogP contribution in [0.4, 0.5) is 0 Å². The number of piperidine rings is 1. The minimum atomic E-state index is -0.295. The number of rotatable bonds is 7. The quantitative estimate of drug-likeness (QED) is 0.564. The van der Waals surface area contributed by atoms with E-state index >= 15 is 0 Å². The van der Waals surface area contributed by atoms with Crippen molar-refractivity contribution in [3.8, 4) is 11.3 Å². The standard InChI is InChI=1S/C26H32N6O3/c1-3-4-12-30-16-20-24(26(30)35)31(17-22(33)27-19-10-13-29(2)14-11-19)23-15-21(28-32(23)25(20)34)18-8-6-5-7-9-18/h5-9,15,19H,3-4,10-14,16-17H2,1-2H3,(H,27,33). The lowest BCUT2D eigenvalue weighted by molar-refractivity contribution is -0.122. The third kappa shape index (κ3) is 4.48. The van der Waals surface area contributed by atoms with Gasteiger partial charge in [0.1, 0.15) is 17.9 Å². The summed E-state index contributed by atoms with van der Waals surface area (Å²) in [6.07, 6.45) is 3.61. The maximum Gasteiger partial charge on any atom is 0.280 e. The average molecular weight is 477 g/mol. The number of fused-ring (bicyclic) bond motifs is 2. The van der Waals surface area contributed by atoms with Crippen LogP contribution in [0.2, 0.25) is 0 Å². The van der Waals surface area contributed by atoms with Gasteiger partial charge in [0.2, 0.25) is 5.91 Å². The molecule has 0 bridgehead atoms. The van der Waals surface area contributed by atoms with Gasteiger partial charge in [-0.25, -0.2) is 0 Å². The fourth-order valence-corrected chi connectivity index (χ4v) is 5.03. The predicted octanol–water partition coefficient (Wildman–Crippen LogP) is 2.13. The maximum absolute atomic E-state index is 13.4. The van der Waals surface area contributed by atoms with Crippen LogP contribution in [0.5, 0.6) is 0 Å². The predicted molar refractivity (Wildman–Crippen MR) is 133 cm³/mol. The topological polar surface area (TPSA) is 91.9 Å². The lowest BCUT2D eigenvalue weighted by Gasteiger charge is -2.29. The van der Waals surface area contributed by atoms with Crippen LogP contribution in [-0.4, -0.2) is 68.5 Å². The summed E-state index contributed by atoms with van der Waals surface area (Å²) in [5, 5.41) is 7.72. The van der Waals surface area contributed by atoms with Gasteiger partial charge in [-0.15, -0.1) is 0 Å². The Hall–Kier alpha value is -3.46. The van der Waals surface area contributed by atoms with E-state index in [1.165, 1.54) is 4.52 Å². The van der Waals surface area contributed by atoms with E-state index in [-0.39, 0.29) is 36.5 Å². The minimum absolute atomic E-state index is 0.0360. The Morgan fingerprint density at radius 1 is 1.14 bits per heavy atom. The minimum Gasteiger partial charge on any atom is -0.352 e. The summed E-state index contributed by atoms with van der Waals surface area (Å²) >= 11 is 0. The number of nitrogens with one attached hydrogen (secondary N) is 1. The highest BCUT2D eigenvalue weighted by molar-refractivity contribution is 5.98. The van der Waals surface area contributed by atoms with Crippen molar-refractivity contribution in [2.45, 2.75) is 51.7 Å². The number of hydrogen-bond donors (Lipinski definition) is 1. The maximum atomic E-state index is 13.4. The largest absolute Gasteiger partial charge is 0.352 e. The molecule has 0 radical (unpaired) electrons. The van der Waals surface area contributed by atoms with Crippen molar-refractivity contribution in [1.29, 1.82) is 0 Å². The molecule has 1 saturated heterocycles. The highest BCUT2D eigenvalue weighted by Crippen LogP contribution is 2.25. The van der Waals surface area contributed by atoms with Crippen molar-refractivity contribution >= 4 is 17.5 Å². The summed E-state index contributed by atoms with van der Waals surface area (Å²) in [5.41, 5.74) is 2.39. The number of hydrogen-bond acceptors (Lipinski definition) is 5. The van der Waals surface area contributed by atoms with Crippen LogP contribution in [-0.2, 0) is 17.9 Å². The molecule has 2 amide bonds. The number of nitrogens with zero attached hydrogens (tertiary/aromatic N) is 5. The van der Waals surface area contributed by atoms with Crippen LogP contribution in [0.1, 0.15) is 48.7 Å². The highest BCUT2D eigenvalue weighted by Gasteiger charge is 2.35. The Morgan fingerprint density at radius 2 is 1.89 bits per heavy atom. The number of carbonyl (C=O) groups is 2. The van der Waals surface area contributed by atoms with Crippen molar-refractivity contribution in [2.75, 3.05) is 26.7 Å². The van der Waals surface area contributed by atoms with E-state index in [9.17, 15) is 14.4 Å². The second-order valence-electron chi connectivity index (χ2n) is 9.61. The van der Waals surface area contributed by atoms with E-state index in [0.717, 1.165) is 44.3 Å². The smallest absolute Gasteiger partial charge is 0.280 e. The number of aromatic nitrogens is 3. The average Bonchev–Trinajstić information content (AvgIpc) is 3.45. The first kappa shape index (κ1) is 23.3. The van der Waals surface area contributed by atoms with Gasteiger partial charge in [0.25, 0.3) is 11.5 Å². The van der Waals surface area contributed by atoms with E-state index < -0.39 is 0 Å². The van der Waals surface area contributed by atoms with Crippen LogP contribution in [0.25, 0.3) is 16.9 Å². The molecular weight excluding hydrogens is 444 g/mol. The molecule has 9 nitrogen and oxygen atoms in total. The van der Waals surface area contributed by atoms with Crippen LogP contribution < -0.4 is 10.9 Å². The molecule has 0 unspecified atom stereocenters. The molecule has 2 aromatic heterocycles. The molecule has 9 heteroatoms. The lowest BCUT2D eigenvalue weighted by Crippen LogP contribution is -2.44. The first-order valence-electron chi connectivity index (χ1n) is 12.4. The molecule has 1 N–H and O–H groups in total. The summed E-state index contributed by atoms with van der Waals surface area (Å²) in [6.45, 7) is 4.75. The summed E-state index contributed by atoms with van der Waals surface area (Å²) in [6, 6.07) is 11.5. The molecule has 3 aromatic rings. The normalized spacial score (nSPS) is 16.7. The summed E-state index contributed by atoms with van der Waals surface area (Å²) in [5.74, 6) is -0.350. The molecule has 0 saturated carbocycles. The Bertz CT molecular complexity index is 1300. The second kappa shape index (κ2) is 9.65. The molecular formula is C26H32N6O3. The van der Waals surface area contributed by atoms with Gasteiger partial charge >= 0.3 is 0 Å². The zero-order chi connectivity index (χ0) is 24.5. The second-order valence-corrected chi connectivity index (χ2v) is 9.61. The van der Waals surface area contributed by atoms with Crippen LogP contribution in [0.15, 0.2) is 41.2 Å². The molecule has 35 heavy (non-hydrogen) atoms. The lowest BCUT2D eigenvalue weighted by atomic mass is 10.1. The molecule has 2 aliphatic heterocycles. The SMILES string of the molecule is CCCCN1Cc2c(n(CC(=O)NC3CCN(C)CC3)c3cc(-c4ccccc4)nn3c2=O)C1=O. The summed E-state index contributed by atoms with van der Waals surface area (Å²) in [4.78, 5) is 43.9. The Morgan fingerprint density at radius 3 is 2.60 bits per heavy atom. The van der Waals surface area contributed by atoms with Gasteiger partial charge in [0.15, 0.2) is 0 Å². The van der Waals surface area contributed by atoms with Gasteiger partial charge in [-0.1, -0.05) is 43.7 Å². The summed E-state index contributed by atoms with van der Waals surface area (Å²) < 4.78 is 3.04. The first-order valence-corrected chi connectivity index (χ1v) is 12.4. The van der Waals surface area contributed by atoms with E-state index in [1.807, 2.05) is 30.3 Å². The molecule has 0 atom stereocenters. The van der Waals surface area contributed by atoms with Gasteiger partial charge in [-0.05, 0) is 39.4 Å². The van der Waals surface area contributed by atoms with E-state index in [4.69, 9.17) is 0 Å². The molecule has 5 rings (SSSR count). The van der Waals surface area contributed by atoms with Crippen LogP contribution >= 0.6 is 0 Å². The Labute approximate surface area is 204 Å². The monoisotopic (exact) mass is 476 g/mol. The van der Waals surface area contributed by atoms with Crippen molar-refractivity contribution in [3.63, 3.8) is 0 Å². The van der Waals surface area contributed by atoms with E-state index in [2.05, 4.69) is 29.3 Å². The van der Waals surface area contributed by atoms with Crippen molar-refractivity contribution in [2.24, 2.45) is 0 Å². The highest BCUT2D eigenvalue weighted by atomic mass is 16.2. The van der Waals surface area contributed by atoms with Crippen molar-refractivity contribution in [1.82, 2.24) is 29.3 Å². The molecule has 0 spiro atoms. The molecule has 4 heterocycles. The Balaban J connectivity index is 1.55. The third-order valence-corrected chi connectivity index (χ3v) is 7.05. The van der Waals surface area contributed by atoms with Crippen LogP contribution in [0, 0.1) is 0 Å². The van der Waals surface area contributed by atoms with Gasteiger partial charge < -0.3 is 19.7 Å². The van der Waals surface area contributed by atoms with Crippen LogP contribution in [0.3, 0.4) is 0 Å². The van der Waals surface area contributed by atoms with Crippen molar-refractivity contribution in [3.05, 3.63) is 58.0 Å².